The number of imidazole rings is 1. The van der Waals surface area contributed by atoms with Gasteiger partial charge >= 0.3 is 0 Å². The molecule has 15 heavy (non-hydrogen) atoms. The van der Waals surface area contributed by atoms with E-state index in [0.29, 0.717) is 18.3 Å². The Bertz CT molecular complexity index is 446. The van der Waals surface area contributed by atoms with Crippen LogP contribution in [-0.4, -0.2) is 34.8 Å². The van der Waals surface area contributed by atoms with E-state index >= 15 is 0 Å². The molecule has 7 heteroatoms. The highest BCUT2D eigenvalue weighted by Gasteiger charge is 2.15. The van der Waals surface area contributed by atoms with Crippen molar-refractivity contribution in [2.75, 3.05) is 11.6 Å². The van der Waals surface area contributed by atoms with E-state index in [4.69, 9.17) is 5.73 Å². The lowest BCUT2D eigenvalue weighted by Gasteiger charge is -2.17. The zero-order chi connectivity index (χ0) is 10.8. The molecule has 0 spiro atoms. The largest absolute Gasteiger partial charge is 0.364 e. The van der Waals surface area contributed by atoms with Crippen molar-refractivity contribution in [3.05, 3.63) is 11.9 Å². The zero-order valence-corrected chi connectivity index (χ0v) is 8.16. The molecule has 0 aromatic carbocycles. The SMILES string of the molecule is Cn1c(C(N)=O)cnc1N1C=NC=NC1. The predicted molar refractivity (Wildman–Crippen MR) is 56.1 cm³/mol. The lowest BCUT2D eigenvalue weighted by atomic mass is 10.4. The molecule has 2 N–H and O–H groups in total. The maximum Gasteiger partial charge on any atom is 0.267 e. The van der Waals surface area contributed by atoms with Gasteiger partial charge in [-0.2, -0.15) is 0 Å². The molecule has 1 amide bonds. The van der Waals surface area contributed by atoms with Crippen molar-refractivity contribution in [1.29, 1.82) is 0 Å². The van der Waals surface area contributed by atoms with Crippen LogP contribution in [0.25, 0.3) is 0 Å². The Morgan fingerprint density at radius 1 is 1.60 bits per heavy atom. The maximum atomic E-state index is 11.0. The van der Waals surface area contributed by atoms with Gasteiger partial charge in [0.25, 0.3) is 5.91 Å². The van der Waals surface area contributed by atoms with Crippen LogP contribution in [0.3, 0.4) is 0 Å². The average molecular weight is 206 g/mol. The summed E-state index contributed by atoms with van der Waals surface area (Å²) in [7, 11) is 1.72. The summed E-state index contributed by atoms with van der Waals surface area (Å²) in [4.78, 5) is 24.6. The number of primary amides is 1. The Hall–Kier alpha value is -2.18. The molecule has 7 nitrogen and oxygen atoms in total. The number of rotatable bonds is 2. The Kier molecular flexibility index (Phi) is 2.20. The number of anilines is 1. The van der Waals surface area contributed by atoms with Gasteiger partial charge < -0.3 is 10.3 Å². The fourth-order valence-electron chi connectivity index (χ4n) is 1.33. The van der Waals surface area contributed by atoms with Crippen LogP contribution in [0, 0.1) is 0 Å². The number of nitrogens with two attached hydrogens (primary N) is 1. The van der Waals surface area contributed by atoms with Gasteiger partial charge in [-0.1, -0.05) is 0 Å². The van der Waals surface area contributed by atoms with E-state index in [1.807, 2.05) is 0 Å². The third-order valence-electron chi connectivity index (χ3n) is 2.06. The van der Waals surface area contributed by atoms with Gasteiger partial charge in [0, 0.05) is 7.05 Å². The molecule has 1 aliphatic heterocycles. The smallest absolute Gasteiger partial charge is 0.267 e. The van der Waals surface area contributed by atoms with Crippen LogP contribution in [0.5, 0.6) is 0 Å². The molecular formula is C8H10N6O. The van der Waals surface area contributed by atoms with Crippen molar-refractivity contribution in [2.24, 2.45) is 22.8 Å². The van der Waals surface area contributed by atoms with Crippen molar-refractivity contribution in [1.82, 2.24) is 9.55 Å². The molecule has 78 valence electrons. The Balaban J connectivity index is 2.33. The van der Waals surface area contributed by atoms with Crippen molar-refractivity contribution < 1.29 is 4.79 Å². The number of carbonyl (C=O) groups excluding carboxylic acids is 1. The van der Waals surface area contributed by atoms with Gasteiger partial charge in [0.1, 0.15) is 25.0 Å². The van der Waals surface area contributed by atoms with E-state index in [-0.39, 0.29) is 0 Å². The molecule has 0 saturated carbocycles. The van der Waals surface area contributed by atoms with E-state index in [0.717, 1.165) is 0 Å². The highest BCUT2D eigenvalue weighted by molar-refractivity contribution is 5.92. The number of hydrogen-bond acceptors (Lipinski definition) is 5. The lowest BCUT2D eigenvalue weighted by molar-refractivity contribution is 0.0992. The number of aromatic nitrogens is 2. The first-order valence-electron chi connectivity index (χ1n) is 4.30. The van der Waals surface area contributed by atoms with Gasteiger partial charge in [-0.25, -0.2) is 9.98 Å². The average Bonchev–Trinajstić information content (AvgIpc) is 2.61. The van der Waals surface area contributed by atoms with E-state index in [1.165, 1.54) is 12.5 Å². The number of amides is 1. The monoisotopic (exact) mass is 206 g/mol. The second-order valence-electron chi connectivity index (χ2n) is 3.04. The summed E-state index contributed by atoms with van der Waals surface area (Å²) in [6, 6.07) is 0. The lowest BCUT2D eigenvalue weighted by Crippen LogP contribution is -2.27. The minimum Gasteiger partial charge on any atom is -0.364 e. The van der Waals surface area contributed by atoms with Crippen LogP contribution >= 0.6 is 0 Å². The van der Waals surface area contributed by atoms with Gasteiger partial charge in [0.15, 0.2) is 0 Å². The second-order valence-corrected chi connectivity index (χ2v) is 3.04. The fourth-order valence-corrected chi connectivity index (χ4v) is 1.33. The van der Waals surface area contributed by atoms with Crippen molar-refractivity contribution in [3.8, 4) is 0 Å². The first-order chi connectivity index (χ1) is 7.20. The van der Waals surface area contributed by atoms with Gasteiger partial charge in [0.05, 0.1) is 6.20 Å². The van der Waals surface area contributed by atoms with Crippen molar-refractivity contribution in [2.45, 2.75) is 0 Å². The van der Waals surface area contributed by atoms with Crippen LogP contribution in [0.2, 0.25) is 0 Å². The molecule has 0 unspecified atom stereocenters. The molecule has 1 aromatic rings. The van der Waals surface area contributed by atoms with Crippen LogP contribution in [0.4, 0.5) is 5.95 Å². The maximum absolute atomic E-state index is 11.0. The van der Waals surface area contributed by atoms with E-state index in [1.54, 1.807) is 22.9 Å². The van der Waals surface area contributed by atoms with Gasteiger partial charge in [-0.15, -0.1) is 0 Å². The normalized spacial score (nSPS) is 14.6. The number of nitrogens with zero attached hydrogens (tertiary/aromatic N) is 5. The van der Waals surface area contributed by atoms with Gasteiger partial charge in [-0.05, 0) is 0 Å². The predicted octanol–water partition coefficient (Wildman–Crippen LogP) is -0.647. The topological polar surface area (TPSA) is 88.9 Å². The Morgan fingerprint density at radius 3 is 2.93 bits per heavy atom. The van der Waals surface area contributed by atoms with E-state index < -0.39 is 5.91 Å². The molecule has 0 bridgehead atoms. The molecule has 1 aromatic heterocycles. The van der Waals surface area contributed by atoms with Gasteiger partial charge in [0.2, 0.25) is 5.95 Å². The zero-order valence-electron chi connectivity index (χ0n) is 8.16. The van der Waals surface area contributed by atoms with Crippen LogP contribution in [-0.2, 0) is 7.05 Å². The molecule has 2 heterocycles. The Morgan fingerprint density at radius 2 is 2.40 bits per heavy atom. The minimum absolute atomic E-state index is 0.355. The highest BCUT2D eigenvalue weighted by atomic mass is 16.1. The first-order valence-corrected chi connectivity index (χ1v) is 4.30. The summed E-state index contributed by atoms with van der Waals surface area (Å²) < 4.78 is 1.61. The van der Waals surface area contributed by atoms with Gasteiger partial charge in [-0.3, -0.25) is 14.7 Å². The summed E-state index contributed by atoms with van der Waals surface area (Å²) in [5, 5.41) is 0. The quantitative estimate of drug-likeness (QED) is 0.697. The van der Waals surface area contributed by atoms with E-state index in [2.05, 4.69) is 15.0 Å². The summed E-state index contributed by atoms with van der Waals surface area (Å²) >= 11 is 0. The van der Waals surface area contributed by atoms with Crippen LogP contribution in [0.1, 0.15) is 10.5 Å². The molecule has 2 rings (SSSR count). The highest BCUT2D eigenvalue weighted by Crippen LogP contribution is 2.12. The third-order valence-corrected chi connectivity index (χ3v) is 2.06. The Labute approximate surface area is 85.9 Å². The summed E-state index contributed by atoms with van der Waals surface area (Å²) in [5.74, 6) is 0.0816. The fraction of sp³-hybridized carbons (Fsp3) is 0.250. The summed E-state index contributed by atoms with van der Waals surface area (Å²) in [6.07, 6.45) is 4.50. The van der Waals surface area contributed by atoms with Crippen molar-refractivity contribution in [3.63, 3.8) is 0 Å². The van der Waals surface area contributed by atoms with Crippen LogP contribution in [0.15, 0.2) is 16.2 Å². The number of carbonyl (C=O) groups is 1. The molecule has 0 saturated heterocycles. The molecule has 0 radical (unpaired) electrons. The molecule has 0 fully saturated rings. The van der Waals surface area contributed by atoms with Crippen molar-refractivity contribution >= 4 is 24.5 Å². The summed E-state index contributed by atoms with van der Waals surface area (Å²) in [5.41, 5.74) is 5.53. The van der Waals surface area contributed by atoms with E-state index in [9.17, 15) is 4.79 Å². The molecule has 1 aliphatic rings. The first kappa shape index (κ1) is 9.38. The molecular weight excluding hydrogens is 196 g/mol. The minimum atomic E-state index is -0.506. The van der Waals surface area contributed by atoms with Crippen LogP contribution < -0.4 is 10.6 Å². The third kappa shape index (κ3) is 1.58. The standard InChI is InChI=1S/C8H10N6O/c1-13-6(7(9)15)2-12-8(13)14-4-10-3-11-5-14/h2-4H,5H2,1H3,(H2,9,15). The number of aliphatic imine (C=N–C) groups is 2. The second kappa shape index (κ2) is 3.52. The number of hydrogen-bond donors (Lipinski definition) is 1. The summed E-state index contributed by atoms with van der Waals surface area (Å²) in [6.45, 7) is 0.437. The molecule has 0 atom stereocenters. The molecule has 0 aliphatic carbocycles.